The van der Waals surface area contributed by atoms with Gasteiger partial charge in [0, 0.05) is 11.5 Å². The van der Waals surface area contributed by atoms with Gasteiger partial charge >= 0.3 is 12.1 Å². The Morgan fingerprint density at radius 2 is 1.70 bits per heavy atom. The molecule has 14 heteroatoms. The Bertz CT molecular complexity index is 1490. The lowest BCUT2D eigenvalue weighted by molar-refractivity contribution is -0.189. The van der Waals surface area contributed by atoms with Crippen LogP contribution in [-0.4, -0.2) is 58.8 Å². The summed E-state index contributed by atoms with van der Waals surface area (Å²) in [6.07, 6.45) is -5.24. The molecule has 4 aromatic rings. The van der Waals surface area contributed by atoms with Gasteiger partial charge in [-0.25, -0.2) is 19.7 Å². The number of hydrogen-bond acceptors (Lipinski definition) is 10. The Morgan fingerprint density at radius 1 is 0.973 bits per heavy atom. The van der Waals surface area contributed by atoms with Crippen LogP contribution in [-0.2, 0) is 4.79 Å². The van der Waals surface area contributed by atoms with E-state index in [1.807, 2.05) is 0 Å². The number of carbonyl (C=O) groups is 1. The largest absolute Gasteiger partial charge is 0.497 e. The summed E-state index contributed by atoms with van der Waals surface area (Å²) in [4.78, 5) is 28.7. The number of nitrogens with one attached hydrogen (secondary N) is 1. The summed E-state index contributed by atoms with van der Waals surface area (Å²) in [7, 11) is 2.98. The highest BCUT2D eigenvalue weighted by molar-refractivity contribution is 6.18. The molecule has 0 aliphatic carbocycles. The van der Waals surface area contributed by atoms with Gasteiger partial charge in [-0.2, -0.15) is 18.2 Å². The van der Waals surface area contributed by atoms with Crippen molar-refractivity contribution >= 4 is 51.3 Å². The van der Waals surface area contributed by atoms with Crippen molar-refractivity contribution in [3.63, 3.8) is 0 Å². The summed E-state index contributed by atoms with van der Waals surface area (Å²) in [5, 5.41) is 3.43. The molecule has 0 unspecified atom stereocenters. The Hall–Kier alpha value is -4.13. The van der Waals surface area contributed by atoms with Crippen molar-refractivity contribution in [3.8, 4) is 23.1 Å². The number of benzene rings is 2. The molecule has 10 nitrogen and oxygen atoms in total. The van der Waals surface area contributed by atoms with Gasteiger partial charge in [0.05, 0.1) is 36.7 Å². The van der Waals surface area contributed by atoms with E-state index in [1.54, 1.807) is 19.1 Å². The average Bonchev–Trinajstić information content (AvgIpc) is 2.86. The third-order valence-electron chi connectivity index (χ3n) is 5.01. The van der Waals surface area contributed by atoms with Crippen LogP contribution in [0, 0.1) is 6.92 Å². The first-order valence-corrected chi connectivity index (χ1v) is 11.1. The predicted octanol–water partition coefficient (Wildman–Crippen LogP) is 4.73. The maximum Gasteiger partial charge on any atom is 0.491 e. The zero-order valence-electron chi connectivity index (χ0n) is 19.6. The van der Waals surface area contributed by atoms with Crippen molar-refractivity contribution in [1.29, 1.82) is 0 Å². The summed E-state index contributed by atoms with van der Waals surface area (Å²) in [6.45, 7) is 1.88. The van der Waals surface area contributed by atoms with Crippen molar-refractivity contribution in [1.82, 2.24) is 19.9 Å². The molecule has 2 heterocycles. The molecule has 2 aromatic heterocycles. The highest BCUT2D eigenvalue weighted by Crippen LogP contribution is 2.33. The van der Waals surface area contributed by atoms with E-state index >= 15 is 0 Å². The normalized spacial score (nSPS) is 11.4. The van der Waals surface area contributed by atoms with E-state index in [9.17, 15) is 18.0 Å². The molecule has 2 aromatic carbocycles. The minimum atomic E-state index is -5.24. The molecule has 37 heavy (non-hydrogen) atoms. The molecular formula is C23H19ClF3N5O5. The lowest BCUT2D eigenvalue weighted by Crippen LogP contribution is -2.28. The van der Waals surface area contributed by atoms with E-state index in [1.165, 1.54) is 32.4 Å². The molecule has 0 aliphatic rings. The SMILES string of the molecule is COc1cc(OC)c2nc(Nc3nc(OC(=O)C(F)(F)F)c4cc(OCCCl)ccc4n3)nc(C)c2c1. The van der Waals surface area contributed by atoms with Gasteiger partial charge < -0.3 is 18.9 Å². The third kappa shape index (κ3) is 5.66. The van der Waals surface area contributed by atoms with E-state index in [4.69, 9.17) is 25.8 Å². The van der Waals surface area contributed by atoms with Gasteiger partial charge in [0.25, 0.3) is 0 Å². The van der Waals surface area contributed by atoms with Gasteiger partial charge in [-0.3, -0.25) is 5.32 Å². The quantitative estimate of drug-likeness (QED) is 0.250. The van der Waals surface area contributed by atoms with E-state index in [-0.39, 0.29) is 41.0 Å². The smallest absolute Gasteiger partial charge is 0.491 e. The van der Waals surface area contributed by atoms with Crippen molar-refractivity contribution in [3.05, 3.63) is 36.0 Å². The Balaban J connectivity index is 1.79. The molecule has 194 valence electrons. The topological polar surface area (TPSA) is 118 Å². The number of carbonyl (C=O) groups excluding carboxylic acids is 1. The molecule has 0 amide bonds. The van der Waals surface area contributed by atoms with Crippen LogP contribution in [0.5, 0.6) is 23.1 Å². The third-order valence-corrected chi connectivity index (χ3v) is 5.16. The number of rotatable bonds is 8. The molecule has 0 spiro atoms. The summed E-state index contributed by atoms with van der Waals surface area (Å²) in [5.74, 6) is -1.84. The molecule has 0 saturated heterocycles. The van der Waals surface area contributed by atoms with Crippen LogP contribution in [0.15, 0.2) is 30.3 Å². The van der Waals surface area contributed by atoms with E-state index in [0.717, 1.165) is 0 Å². The van der Waals surface area contributed by atoms with E-state index < -0.39 is 18.0 Å². The fourth-order valence-electron chi connectivity index (χ4n) is 3.36. The number of aryl methyl sites for hydroxylation is 1. The second kappa shape index (κ2) is 10.5. The maximum atomic E-state index is 12.9. The van der Waals surface area contributed by atoms with Gasteiger partial charge in [0.15, 0.2) is 0 Å². The molecule has 0 bridgehead atoms. The summed E-state index contributed by atoms with van der Waals surface area (Å²) in [5.41, 5.74) is 1.17. The number of methoxy groups -OCH3 is 2. The molecule has 0 atom stereocenters. The molecule has 0 aliphatic heterocycles. The van der Waals surface area contributed by atoms with Gasteiger partial charge in [-0.15, -0.1) is 11.6 Å². The number of anilines is 2. The monoisotopic (exact) mass is 537 g/mol. The van der Waals surface area contributed by atoms with Crippen LogP contribution in [0.3, 0.4) is 0 Å². The zero-order valence-corrected chi connectivity index (χ0v) is 20.4. The Kier molecular flexibility index (Phi) is 7.34. The van der Waals surface area contributed by atoms with Crippen molar-refractivity contribution in [2.24, 2.45) is 0 Å². The second-order valence-electron chi connectivity index (χ2n) is 7.44. The van der Waals surface area contributed by atoms with Crippen LogP contribution in [0.4, 0.5) is 25.1 Å². The van der Waals surface area contributed by atoms with E-state index in [2.05, 4.69) is 30.0 Å². The number of aromatic nitrogens is 4. The van der Waals surface area contributed by atoms with E-state index in [0.29, 0.717) is 28.1 Å². The zero-order chi connectivity index (χ0) is 26.7. The number of halogens is 4. The second-order valence-corrected chi connectivity index (χ2v) is 7.82. The molecule has 0 fully saturated rings. The average molecular weight is 538 g/mol. The Labute approximate surface area is 212 Å². The molecule has 4 rings (SSSR count). The first-order chi connectivity index (χ1) is 17.6. The van der Waals surface area contributed by atoms with Gasteiger partial charge in [-0.1, -0.05) is 0 Å². The number of hydrogen-bond donors (Lipinski definition) is 1. The number of esters is 1. The number of fused-ring (bicyclic) bond motifs is 2. The summed E-state index contributed by atoms with van der Waals surface area (Å²) < 4.78 is 59.5. The van der Waals surface area contributed by atoms with Crippen molar-refractivity contribution in [2.45, 2.75) is 13.1 Å². The highest BCUT2D eigenvalue weighted by atomic mass is 35.5. The van der Waals surface area contributed by atoms with Crippen LogP contribution in [0.25, 0.3) is 21.8 Å². The van der Waals surface area contributed by atoms with Gasteiger partial charge in [0.2, 0.25) is 17.8 Å². The fraction of sp³-hybridized carbons (Fsp3) is 0.261. The first-order valence-electron chi connectivity index (χ1n) is 10.6. The summed E-state index contributed by atoms with van der Waals surface area (Å²) >= 11 is 5.62. The lowest BCUT2D eigenvalue weighted by atomic mass is 10.1. The number of nitrogens with zero attached hydrogens (tertiary/aromatic N) is 4. The summed E-state index contributed by atoms with van der Waals surface area (Å²) in [6, 6.07) is 7.74. The highest BCUT2D eigenvalue weighted by Gasteiger charge is 2.42. The molecular weight excluding hydrogens is 519 g/mol. The standard InChI is InChI=1S/C23H19ClF3N5O5/c1-11-14-9-13(34-2)10-17(35-3)18(14)30-21(28-11)32-22-29-16-5-4-12(36-7-6-24)8-15(16)19(31-22)37-20(33)23(25,26)27/h4-5,8-10H,6-7H2,1-3H3,(H,28,29,30,31,32). The van der Waals surface area contributed by atoms with Crippen molar-refractivity contribution < 1.29 is 36.9 Å². The molecule has 0 radical (unpaired) electrons. The Morgan fingerprint density at radius 3 is 2.38 bits per heavy atom. The first kappa shape index (κ1) is 25.9. The van der Waals surface area contributed by atoms with Crippen LogP contribution in [0.1, 0.15) is 5.69 Å². The van der Waals surface area contributed by atoms with Gasteiger partial charge in [0.1, 0.15) is 29.4 Å². The number of alkyl halides is 4. The number of ether oxygens (including phenoxy) is 4. The fourth-order valence-corrected chi connectivity index (χ4v) is 3.44. The maximum absolute atomic E-state index is 12.9. The predicted molar refractivity (Wildman–Crippen MR) is 128 cm³/mol. The van der Waals surface area contributed by atoms with Crippen LogP contribution >= 0.6 is 11.6 Å². The lowest BCUT2D eigenvalue weighted by Gasteiger charge is -2.13. The van der Waals surface area contributed by atoms with Crippen LogP contribution in [0.2, 0.25) is 0 Å². The van der Waals surface area contributed by atoms with Crippen LogP contribution < -0.4 is 24.3 Å². The van der Waals surface area contributed by atoms with Gasteiger partial charge in [-0.05, 0) is 31.2 Å². The van der Waals surface area contributed by atoms with Crippen molar-refractivity contribution in [2.75, 3.05) is 32.0 Å². The minimum absolute atomic E-state index is 0.0135. The molecule has 1 N–H and O–H groups in total. The molecule has 0 saturated carbocycles. The minimum Gasteiger partial charge on any atom is -0.497 e.